The lowest BCUT2D eigenvalue weighted by atomic mass is 10.2. The summed E-state index contributed by atoms with van der Waals surface area (Å²) in [6, 6.07) is 3.45. The Kier molecular flexibility index (Phi) is 4.46. The summed E-state index contributed by atoms with van der Waals surface area (Å²) in [6.07, 6.45) is 5.93. The van der Waals surface area contributed by atoms with E-state index in [2.05, 4.69) is 28.4 Å². The van der Waals surface area contributed by atoms with Crippen molar-refractivity contribution in [1.29, 1.82) is 0 Å². The van der Waals surface area contributed by atoms with Gasteiger partial charge in [-0.2, -0.15) is 11.8 Å². The fourth-order valence-electron chi connectivity index (χ4n) is 1.74. The molecule has 19 heavy (non-hydrogen) atoms. The molecule has 2 rings (SSSR count). The van der Waals surface area contributed by atoms with Gasteiger partial charge in [0.15, 0.2) is 0 Å². The first-order valence-electron chi connectivity index (χ1n) is 6.09. The molecule has 0 aliphatic heterocycles. The first-order valence-corrected chi connectivity index (χ1v) is 7.31. The number of nitrogens with zero attached hydrogens (tertiary/aromatic N) is 1. The summed E-state index contributed by atoms with van der Waals surface area (Å²) in [7, 11) is 0. The van der Waals surface area contributed by atoms with E-state index in [9.17, 15) is 4.79 Å². The number of hydrogen-bond acceptors (Lipinski definition) is 4. The third-order valence-corrected chi connectivity index (χ3v) is 4.56. The third-order valence-electron chi connectivity index (χ3n) is 3.14. The Morgan fingerprint density at radius 3 is 3.05 bits per heavy atom. The lowest BCUT2D eigenvalue weighted by Gasteiger charge is -2.13. The van der Waals surface area contributed by atoms with Crippen molar-refractivity contribution >= 4 is 17.7 Å². The lowest BCUT2D eigenvalue weighted by molar-refractivity contribution is 0.0948. The number of amides is 1. The van der Waals surface area contributed by atoms with Crippen molar-refractivity contribution in [3.8, 4) is 11.8 Å². The van der Waals surface area contributed by atoms with E-state index < -0.39 is 0 Å². The van der Waals surface area contributed by atoms with Gasteiger partial charge in [0.2, 0.25) is 0 Å². The average molecular weight is 276 g/mol. The molecule has 0 aromatic carbocycles. The van der Waals surface area contributed by atoms with E-state index >= 15 is 0 Å². The quantitative estimate of drug-likeness (QED) is 0.807. The molecule has 2 N–H and O–H groups in total. The van der Waals surface area contributed by atoms with Crippen LogP contribution in [0.15, 0.2) is 18.3 Å². The van der Waals surface area contributed by atoms with Gasteiger partial charge in [-0.05, 0) is 31.2 Å². The van der Waals surface area contributed by atoms with Crippen LogP contribution in [0.1, 0.15) is 28.9 Å². The van der Waals surface area contributed by atoms with Crippen LogP contribution in [0.25, 0.3) is 0 Å². The van der Waals surface area contributed by atoms with Gasteiger partial charge < -0.3 is 10.4 Å². The average Bonchev–Trinajstić information content (AvgIpc) is 3.23. The Labute approximate surface area is 117 Å². The van der Waals surface area contributed by atoms with Crippen molar-refractivity contribution in [1.82, 2.24) is 10.3 Å². The fraction of sp³-hybridized carbons (Fsp3) is 0.429. The maximum absolute atomic E-state index is 12.1. The summed E-state index contributed by atoms with van der Waals surface area (Å²) < 4.78 is 0.224. The summed E-state index contributed by atoms with van der Waals surface area (Å²) in [4.78, 5) is 16.2. The number of pyridine rings is 1. The number of nitrogens with one attached hydrogen (secondary N) is 1. The minimum Gasteiger partial charge on any atom is -0.384 e. The molecule has 1 heterocycles. The highest BCUT2D eigenvalue weighted by atomic mass is 32.2. The van der Waals surface area contributed by atoms with E-state index in [4.69, 9.17) is 5.11 Å². The smallest absolute Gasteiger partial charge is 0.271 e. The van der Waals surface area contributed by atoms with Crippen molar-refractivity contribution < 1.29 is 9.90 Å². The van der Waals surface area contributed by atoms with Gasteiger partial charge in [0.05, 0.1) is 5.56 Å². The van der Waals surface area contributed by atoms with E-state index in [0.717, 1.165) is 12.8 Å². The van der Waals surface area contributed by atoms with Gasteiger partial charge in [-0.25, -0.2) is 4.98 Å². The van der Waals surface area contributed by atoms with Gasteiger partial charge in [0, 0.05) is 17.5 Å². The predicted octanol–water partition coefficient (Wildman–Crippen LogP) is 1.05. The van der Waals surface area contributed by atoms with Crippen molar-refractivity contribution in [2.45, 2.75) is 17.6 Å². The van der Waals surface area contributed by atoms with Crippen LogP contribution in [-0.2, 0) is 0 Å². The summed E-state index contributed by atoms with van der Waals surface area (Å²) in [5, 5.41) is 11.6. The number of aliphatic hydroxyl groups is 1. The SMILES string of the molecule is CSC1(CNC(=O)c2ncccc2C#CCO)CC1. The van der Waals surface area contributed by atoms with E-state index in [0.29, 0.717) is 17.8 Å². The number of thioether (sulfide) groups is 1. The van der Waals surface area contributed by atoms with Gasteiger partial charge in [-0.3, -0.25) is 4.79 Å². The van der Waals surface area contributed by atoms with Crippen LogP contribution < -0.4 is 5.32 Å². The Morgan fingerprint density at radius 2 is 2.42 bits per heavy atom. The second-order valence-corrected chi connectivity index (χ2v) is 5.70. The number of carbonyl (C=O) groups excluding carboxylic acids is 1. The van der Waals surface area contributed by atoms with Crippen LogP contribution in [0.5, 0.6) is 0 Å². The maximum atomic E-state index is 12.1. The minimum atomic E-state index is -0.231. The van der Waals surface area contributed by atoms with E-state index in [1.54, 1.807) is 30.1 Å². The molecular formula is C14H16N2O2S. The van der Waals surface area contributed by atoms with Gasteiger partial charge in [-0.15, -0.1) is 0 Å². The van der Waals surface area contributed by atoms with Crippen LogP contribution in [0, 0.1) is 11.8 Å². The van der Waals surface area contributed by atoms with E-state index in [1.807, 2.05) is 0 Å². The van der Waals surface area contributed by atoms with Crippen LogP contribution in [-0.4, -0.2) is 40.2 Å². The third kappa shape index (κ3) is 3.49. The van der Waals surface area contributed by atoms with Crippen LogP contribution in [0.2, 0.25) is 0 Å². The molecule has 0 saturated heterocycles. The molecule has 0 spiro atoms. The molecule has 1 saturated carbocycles. The molecular weight excluding hydrogens is 260 g/mol. The molecule has 1 fully saturated rings. The molecule has 1 amide bonds. The normalized spacial score (nSPS) is 15.3. The fourth-order valence-corrected chi connectivity index (χ4v) is 2.47. The first-order chi connectivity index (χ1) is 9.21. The van der Waals surface area contributed by atoms with Crippen LogP contribution >= 0.6 is 11.8 Å². The van der Waals surface area contributed by atoms with Gasteiger partial charge in [0.1, 0.15) is 12.3 Å². The second-order valence-electron chi connectivity index (χ2n) is 4.43. The second kappa shape index (κ2) is 6.09. The van der Waals surface area contributed by atoms with E-state index in [1.165, 1.54) is 0 Å². The molecule has 5 heteroatoms. The monoisotopic (exact) mass is 276 g/mol. The number of aromatic nitrogens is 1. The highest BCUT2D eigenvalue weighted by Crippen LogP contribution is 2.46. The molecule has 100 valence electrons. The zero-order valence-corrected chi connectivity index (χ0v) is 11.6. The van der Waals surface area contributed by atoms with E-state index in [-0.39, 0.29) is 17.3 Å². The number of carbonyl (C=O) groups is 1. The van der Waals surface area contributed by atoms with Crippen molar-refractivity contribution in [3.05, 3.63) is 29.6 Å². The summed E-state index contributed by atoms with van der Waals surface area (Å²) in [5.41, 5.74) is 0.864. The Bertz CT molecular complexity index is 530. The molecule has 1 aliphatic carbocycles. The van der Waals surface area contributed by atoms with Crippen molar-refractivity contribution in [2.24, 2.45) is 0 Å². The molecule has 1 aromatic rings. The molecule has 1 aliphatic rings. The molecule has 0 atom stereocenters. The Balaban J connectivity index is 2.06. The standard InChI is InChI=1S/C14H16N2O2S/c1-19-14(6-7-14)10-16-13(18)12-11(5-3-9-17)4-2-8-15-12/h2,4,8,17H,6-7,9-10H2,1H3,(H,16,18). The van der Waals surface area contributed by atoms with Gasteiger partial charge in [0.25, 0.3) is 5.91 Å². The largest absolute Gasteiger partial charge is 0.384 e. The highest BCUT2D eigenvalue weighted by molar-refractivity contribution is 8.00. The topological polar surface area (TPSA) is 62.2 Å². The Hall–Kier alpha value is -1.51. The number of rotatable bonds is 4. The molecule has 0 radical (unpaired) electrons. The lowest BCUT2D eigenvalue weighted by Crippen LogP contribution is -2.32. The van der Waals surface area contributed by atoms with Gasteiger partial charge >= 0.3 is 0 Å². The highest BCUT2D eigenvalue weighted by Gasteiger charge is 2.42. The number of aliphatic hydroxyl groups excluding tert-OH is 1. The summed E-state index contributed by atoms with van der Waals surface area (Å²) >= 11 is 1.80. The summed E-state index contributed by atoms with van der Waals surface area (Å²) in [6.45, 7) is 0.433. The Morgan fingerprint density at radius 1 is 1.63 bits per heavy atom. The zero-order valence-electron chi connectivity index (χ0n) is 10.8. The predicted molar refractivity (Wildman–Crippen MR) is 76.0 cm³/mol. The number of hydrogen-bond donors (Lipinski definition) is 2. The zero-order chi connectivity index (χ0) is 13.7. The maximum Gasteiger partial charge on any atom is 0.271 e. The van der Waals surface area contributed by atoms with Crippen molar-refractivity contribution in [3.63, 3.8) is 0 Å². The molecule has 0 unspecified atom stereocenters. The summed E-state index contributed by atoms with van der Waals surface area (Å²) in [5.74, 6) is 5.07. The van der Waals surface area contributed by atoms with Crippen LogP contribution in [0.4, 0.5) is 0 Å². The van der Waals surface area contributed by atoms with Crippen LogP contribution in [0.3, 0.4) is 0 Å². The minimum absolute atomic E-state index is 0.205. The van der Waals surface area contributed by atoms with Gasteiger partial charge in [-0.1, -0.05) is 11.8 Å². The molecule has 0 bridgehead atoms. The molecule has 4 nitrogen and oxygen atoms in total. The first kappa shape index (κ1) is 13.9. The molecule has 1 aromatic heterocycles. The van der Waals surface area contributed by atoms with Crippen molar-refractivity contribution in [2.75, 3.05) is 19.4 Å².